The summed E-state index contributed by atoms with van der Waals surface area (Å²) in [7, 11) is -1.04. The second-order valence-corrected chi connectivity index (χ2v) is 12.4. The molecule has 0 saturated heterocycles. The molecule has 2 aliphatic heterocycles. The number of fused-ring (bicyclic) bond motifs is 2. The van der Waals surface area contributed by atoms with Gasteiger partial charge in [0.2, 0.25) is 0 Å². The van der Waals surface area contributed by atoms with Crippen LogP contribution >= 0.6 is 23.2 Å². The number of hydrogen-bond acceptors (Lipinski definition) is 5. The van der Waals surface area contributed by atoms with Gasteiger partial charge < -0.3 is 24.2 Å². The molecule has 2 aromatic heterocycles. The highest BCUT2D eigenvalue weighted by molar-refractivity contribution is 6.62. The molecule has 46 heavy (non-hydrogen) atoms. The van der Waals surface area contributed by atoms with Crippen molar-refractivity contribution in [3.05, 3.63) is 104 Å². The lowest BCUT2D eigenvalue weighted by atomic mass is 9.76. The molecule has 0 radical (unpaired) electrons. The van der Waals surface area contributed by atoms with Crippen molar-refractivity contribution < 1.29 is 32.5 Å². The molecule has 0 bridgehead atoms. The molecular formula is C33H31BCl2F3N3O4. The Hall–Kier alpha value is -3.51. The van der Waals surface area contributed by atoms with Gasteiger partial charge in [-0.15, -0.1) is 0 Å². The summed E-state index contributed by atoms with van der Waals surface area (Å²) in [6.07, 6.45) is -1.91. The normalized spacial score (nSPS) is 18.9. The van der Waals surface area contributed by atoms with E-state index in [2.05, 4.69) is 10.5 Å². The van der Waals surface area contributed by atoms with Gasteiger partial charge in [-0.2, -0.15) is 13.2 Å². The van der Waals surface area contributed by atoms with Crippen molar-refractivity contribution in [1.82, 2.24) is 9.72 Å². The van der Waals surface area contributed by atoms with Crippen molar-refractivity contribution in [2.24, 2.45) is 5.16 Å². The molecular weight excluding hydrogens is 641 g/mol. The molecule has 2 N–H and O–H groups in total. The Morgan fingerprint density at radius 2 is 1.80 bits per heavy atom. The number of carbonyl (C=O) groups is 1. The third-order valence-corrected chi connectivity index (χ3v) is 9.86. The Bertz CT molecular complexity index is 1850. The molecule has 1 atom stereocenters. The molecule has 0 saturated carbocycles. The molecule has 6 rings (SSSR count). The van der Waals surface area contributed by atoms with E-state index in [0.717, 1.165) is 24.0 Å². The minimum Gasteiger partial charge on any atom is -0.423 e. The second kappa shape index (κ2) is 11.9. The van der Waals surface area contributed by atoms with E-state index in [-0.39, 0.29) is 33.6 Å². The van der Waals surface area contributed by atoms with Gasteiger partial charge in [-0.3, -0.25) is 4.79 Å². The number of aromatic nitrogens is 1. The first-order chi connectivity index (χ1) is 21.9. The first kappa shape index (κ1) is 32.4. The summed E-state index contributed by atoms with van der Waals surface area (Å²) in [4.78, 5) is 18.6. The Balaban J connectivity index is 1.25. The smallest absolute Gasteiger partial charge is 0.423 e. The van der Waals surface area contributed by atoms with Gasteiger partial charge in [0.1, 0.15) is 5.69 Å². The summed E-state index contributed by atoms with van der Waals surface area (Å²) in [6.45, 7) is 6.03. The number of halogens is 5. The molecule has 4 aromatic rings. The SMILES string of the molecule is CCc1c(Cl)cc(C2(C(F)(F)F)CC(c3ccc(C(=O)NCc4ccc5c(c4)B(O)OC5(CC)CC)n4cccc34)=NO2)cc1Cl. The standard InChI is InChI=1S/C33H31BCl2F3N3O4/c1-4-21-25(35)15-20(16-26(21)36)32(33(37,38)39)17-27(41-46-32)22-10-12-29(42-13-7-8-28(22)42)30(43)40-18-19-9-11-23-24(14-19)34(44)45-31(23,5-2)6-3/h7-16,44H,4-6,17-18H2,1-3H3,(H,40,43). The number of carbonyl (C=O) groups excluding carboxylic acids is 1. The Morgan fingerprint density at radius 1 is 1.09 bits per heavy atom. The van der Waals surface area contributed by atoms with Gasteiger partial charge in [0.25, 0.3) is 11.5 Å². The van der Waals surface area contributed by atoms with Crippen LogP contribution in [0.1, 0.15) is 78.3 Å². The molecule has 0 aliphatic carbocycles. The van der Waals surface area contributed by atoms with E-state index in [0.29, 0.717) is 28.5 Å². The highest BCUT2D eigenvalue weighted by Crippen LogP contribution is 2.50. The molecule has 240 valence electrons. The number of rotatable bonds is 8. The van der Waals surface area contributed by atoms with Gasteiger partial charge in [0.05, 0.1) is 23.3 Å². The largest absolute Gasteiger partial charge is 0.492 e. The first-order valence-electron chi connectivity index (χ1n) is 15.1. The zero-order valence-electron chi connectivity index (χ0n) is 25.3. The topological polar surface area (TPSA) is 84.6 Å². The first-order valence-corrected chi connectivity index (χ1v) is 15.8. The van der Waals surface area contributed by atoms with Crippen molar-refractivity contribution in [2.45, 2.75) is 70.4 Å². The number of nitrogens with one attached hydrogen (secondary N) is 1. The molecule has 0 spiro atoms. The van der Waals surface area contributed by atoms with E-state index >= 15 is 0 Å². The Morgan fingerprint density at radius 3 is 2.46 bits per heavy atom. The monoisotopic (exact) mass is 671 g/mol. The molecule has 1 amide bonds. The highest BCUT2D eigenvalue weighted by Gasteiger charge is 2.62. The summed E-state index contributed by atoms with van der Waals surface area (Å²) in [5.41, 5.74) is 0.613. The molecule has 2 aromatic carbocycles. The summed E-state index contributed by atoms with van der Waals surface area (Å²) in [5.74, 6) is -0.393. The molecule has 4 heterocycles. The lowest BCUT2D eigenvalue weighted by Crippen LogP contribution is -2.42. The third-order valence-electron chi connectivity index (χ3n) is 9.19. The molecule has 13 heteroatoms. The average molecular weight is 672 g/mol. The number of pyridine rings is 1. The van der Waals surface area contributed by atoms with E-state index in [4.69, 9.17) is 32.7 Å². The second-order valence-electron chi connectivity index (χ2n) is 11.6. The van der Waals surface area contributed by atoms with E-state index in [1.54, 1.807) is 28.8 Å². The van der Waals surface area contributed by atoms with Crippen LogP contribution in [-0.4, -0.2) is 34.3 Å². The predicted octanol–water partition coefficient (Wildman–Crippen LogP) is 7.05. The fourth-order valence-corrected chi connectivity index (χ4v) is 7.30. The molecule has 7 nitrogen and oxygen atoms in total. The fraction of sp³-hybridized carbons (Fsp3) is 0.333. The Labute approximate surface area is 274 Å². The van der Waals surface area contributed by atoms with Crippen molar-refractivity contribution in [1.29, 1.82) is 0 Å². The predicted molar refractivity (Wildman–Crippen MR) is 172 cm³/mol. The third kappa shape index (κ3) is 5.17. The number of amides is 1. The highest BCUT2D eigenvalue weighted by atomic mass is 35.5. The van der Waals surface area contributed by atoms with Crippen LogP contribution in [0.25, 0.3) is 5.52 Å². The number of oxime groups is 1. The van der Waals surface area contributed by atoms with Crippen LogP contribution in [0.3, 0.4) is 0 Å². The summed E-state index contributed by atoms with van der Waals surface area (Å²) in [6, 6.07) is 14.6. The van der Waals surface area contributed by atoms with Gasteiger partial charge in [-0.05, 0) is 77.8 Å². The maximum Gasteiger partial charge on any atom is 0.492 e. The number of nitrogens with zero attached hydrogens (tertiary/aromatic N) is 2. The van der Waals surface area contributed by atoms with Gasteiger partial charge in [-0.1, -0.05) is 67.3 Å². The van der Waals surface area contributed by atoms with E-state index < -0.39 is 36.8 Å². The molecule has 2 aliphatic rings. The maximum absolute atomic E-state index is 14.7. The van der Waals surface area contributed by atoms with E-state index in [9.17, 15) is 23.0 Å². The van der Waals surface area contributed by atoms with Crippen LogP contribution in [0.4, 0.5) is 13.2 Å². The molecule has 1 unspecified atom stereocenters. The Kier molecular flexibility index (Phi) is 8.42. The fourth-order valence-electron chi connectivity index (χ4n) is 6.54. The zero-order valence-corrected chi connectivity index (χ0v) is 26.9. The van der Waals surface area contributed by atoms with Crippen molar-refractivity contribution >= 4 is 52.9 Å². The van der Waals surface area contributed by atoms with Crippen LogP contribution < -0.4 is 10.8 Å². The lowest BCUT2D eigenvalue weighted by Gasteiger charge is -2.30. The van der Waals surface area contributed by atoms with Crippen molar-refractivity contribution in [3.8, 4) is 0 Å². The summed E-state index contributed by atoms with van der Waals surface area (Å²) >= 11 is 12.6. The van der Waals surface area contributed by atoms with Crippen LogP contribution in [0.15, 0.2) is 65.9 Å². The van der Waals surface area contributed by atoms with Crippen LogP contribution in [0, 0.1) is 0 Å². The van der Waals surface area contributed by atoms with E-state index in [1.165, 1.54) is 18.2 Å². The quantitative estimate of drug-likeness (QED) is 0.197. The van der Waals surface area contributed by atoms with Crippen molar-refractivity contribution in [3.63, 3.8) is 0 Å². The minimum atomic E-state index is -4.84. The summed E-state index contributed by atoms with van der Waals surface area (Å²) < 4.78 is 51.6. The number of hydrogen-bond donors (Lipinski definition) is 2. The summed E-state index contributed by atoms with van der Waals surface area (Å²) in [5, 5.41) is 17.6. The van der Waals surface area contributed by atoms with Crippen LogP contribution in [-0.2, 0) is 33.7 Å². The lowest BCUT2D eigenvalue weighted by molar-refractivity contribution is -0.275. The van der Waals surface area contributed by atoms with Gasteiger partial charge in [0.15, 0.2) is 0 Å². The van der Waals surface area contributed by atoms with Gasteiger partial charge in [0, 0.05) is 33.9 Å². The maximum atomic E-state index is 14.7. The molecule has 0 fully saturated rings. The van der Waals surface area contributed by atoms with Crippen LogP contribution in [0.5, 0.6) is 0 Å². The van der Waals surface area contributed by atoms with E-state index in [1.807, 2.05) is 39.0 Å². The number of alkyl halides is 3. The average Bonchev–Trinajstić information content (AvgIpc) is 3.76. The van der Waals surface area contributed by atoms with Gasteiger partial charge in [-0.25, -0.2) is 0 Å². The number of benzene rings is 2. The minimum absolute atomic E-state index is 0.0638. The zero-order chi connectivity index (χ0) is 33.0. The van der Waals surface area contributed by atoms with Crippen LogP contribution in [0.2, 0.25) is 10.0 Å². The van der Waals surface area contributed by atoms with Crippen molar-refractivity contribution in [2.75, 3.05) is 0 Å². The van der Waals surface area contributed by atoms with Gasteiger partial charge >= 0.3 is 13.3 Å².